The molecule has 0 spiro atoms. The van der Waals surface area contributed by atoms with Gasteiger partial charge in [0, 0.05) is 96.8 Å². The van der Waals surface area contributed by atoms with Gasteiger partial charge < -0.3 is 71.7 Å². The monoisotopic (exact) mass is 1480 g/mol. The molecule has 8 bridgehead atoms. The molecule has 0 saturated heterocycles. The largest absolute Gasteiger partial charge is 0.491 e. The molecule has 560 valence electrons. The van der Waals surface area contributed by atoms with Crippen molar-refractivity contribution in [1.82, 2.24) is 79.7 Å². The van der Waals surface area contributed by atoms with Crippen molar-refractivity contribution in [2.24, 2.45) is 0 Å². The Labute approximate surface area is 616 Å². The Bertz CT molecular complexity index is 5120. The summed E-state index contributed by atoms with van der Waals surface area (Å²) in [5.41, 5.74) is 8.40. The van der Waals surface area contributed by atoms with Gasteiger partial charge in [0.15, 0.2) is 22.6 Å². The van der Waals surface area contributed by atoms with Gasteiger partial charge in [0.05, 0.1) is 84.5 Å². The summed E-state index contributed by atoms with van der Waals surface area (Å²) in [6.07, 6.45) is 14.9. The van der Waals surface area contributed by atoms with E-state index in [2.05, 4.69) is 103 Å². The van der Waals surface area contributed by atoms with Gasteiger partial charge in [0.1, 0.15) is 102 Å². The molecule has 4 aromatic carbocycles. The van der Waals surface area contributed by atoms with Gasteiger partial charge in [-0.05, 0) is 124 Å². The first-order chi connectivity index (χ1) is 52.3. The molecule has 12 heterocycles. The zero-order chi connectivity index (χ0) is 75.6. The van der Waals surface area contributed by atoms with Gasteiger partial charge in [0.2, 0.25) is 0 Å². The summed E-state index contributed by atoms with van der Waals surface area (Å²) in [7, 11) is 0. The number of aromatic nitrogens is 12. The van der Waals surface area contributed by atoms with Crippen LogP contribution in [-0.4, -0.2) is 146 Å². The van der Waals surface area contributed by atoms with Crippen LogP contribution in [0.1, 0.15) is 114 Å². The fourth-order valence-electron chi connectivity index (χ4n) is 12.6. The Balaban J connectivity index is 0.000000127. The zero-order valence-corrected chi connectivity index (χ0v) is 59.2. The Kier molecular flexibility index (Phi) is 22.4. The molecule has 0 saturated carbocycles. The summed E-state index contributed by atoms with van der Waals surface area (Å²) in [5, 5.41) is 62.7. The molecule has 12 aromatic rings. The van der Waals surface area contributed by atoms with E-state index in [0.717, 1.165) is 34.4 Å². The molecular formula is C76H79F5N20O7. The summed E-state index contributed by atoms with van der Waals surface area (Å²) >= 11 is 0. The van der Waals surface area contributed by atoms with Crippen LogP contribution in [0.15, 0.2) is 166 Å². The van der Waals surface area contributed by atoms with Crippen LogP contribution in [0.3, 0.4) is 0 Å². The first-order valence-electron chi connectivity index (χ1n) is 34.9. The molecule has 27 nitrogen and oxygen atoms in total. The number of anilines is 4. The summed E-state index contributed by atoms with van der Waals surface area (Å²) in [6, 6.07) is 22.8. The fourth-order valence-corrected chi connectivity index (χ4v) is 12.6. The minimum atomic E-state index is -1.22. The van der Waals surface area contributed by atoms with Crippen LogP contribution >= 0.6 is 0 Å². The van der Waals surface area contributed by atoms with Crippen LogP contribution in [-0.2, 0) is 0 Å². The number of aliphatic hydroxyl groups is 2. The first kappa shape index (κ1) is 73.7. The number of carbonyl (C=O) groups is 1. The number of nitrogens with zero attached hydrogens (tertiary/aromatic N) is 12. The lowest BCUT2D eigenvalue weighted by molar-refractivity contribution is 0.0576. The normalized spacial score (nSPS) is 17.3. The maximum Gasteiger partial charge on any atom is 0.256 e. The summed E-state index contributed by atoms with van der Waals surface area (Å²) in [4.78, 5) is 30.7. The van der Waals surface area contributed by atoms with Crippen molar-refractivity contribution in [3.05, 3.63) is 234 Å². The number of aliphatic hydroxyl groups excluding tert-OH is 1. The van der Waals surface area contributed by atoms with Crippen LogP contribution in [0.2, 0.25) is 0 Å². The number of benzene rings is 4. The Morgan fingerprint density at radius 3 is 1.16 bits per heavy atom. The Hall–Kier alpha value is -12.6. The number of amides is 1. The maximum absolute atomic E-state index is 14.0. The highest BCUT2D eigenvalue weighted by molar-refractivity contribution is 5.99. The first-order valence-corrected chi connectivity index (χ1v) is 34.9. The second-order valence-electron chi connectivity index (χ2n) is 25.9. The van der Waals surface area contributed by atoms with Gasteiger partial charge in [-0.1, -0.05) is 26.7 Å². The molecular weight excluding hydrogens is 1400 g/mol. The third-order valence-electron chi connectivity index (χ3n) is 17.9. The standard InChI is InChI=1S/C20H22FN5O2.C19H20FN5O2.C19H20FN5O.C18H17F2N5O2/c1-12-15-11-23-26-8-6-17(25-19(15)26)24-18(20(2,3)27)14-10-13(21)4-5-16(14)28-9-7-22-12;1-12-15-11-22-25-7-4-18(24-19(15)25)23-16(5-8-26)14-10-13(20)2-3-17(14)27-9-6-21-12;1-3-16-14-10-13(20)4-5-17(14)26-9-7-21-12(2)15-11-22-25-8-6-18(23-16)24-19(15)25;19-5-3-14-12-9-11(20)1-2-15(12)27-8-6-21-18(26)13-10-22-25-7-4-16(23-14)24-17(13)25/h4-6,8,10-11,18,22,27H,1,7,9H2,2-3H3,(H,24,25);2-4,7,10-11,16,21,26H,1,5-6,8-9H2,(H,23,24);4-6,8,10-11,16,21H,2-3,7,9H2,1H3,(H,23,24);1-2,4,7,9-10,14H,3,5-6,8H2,(H,21,26)(H,23,24)/t18-;2*16-;14-/m0111/s1. The minimum absolute atomic E-state index is 0.0633. The highest BCUT2D eigenvalue weighted by Crippen LogP contribution is 2.38. The number of nitrogens with one attached hydrogen (secondary N) is 8. The molecule has 10 N–H and O–H groups in total. The predicted octanol–water partition coefficient (Wildman–Crippen LogP) is 11.0. The summed E-state index contributed by atoms with van der Waals surface area (Å²) in [6.45, 7) is 20.0. The van der Waals surface area contributed by atoms with Crippen molar-refractivity contribution in [2.45, 2.75) is 69.8 Å². The number of hydrogen-bond donors (Lipinski definition) is 10. The third kappa shape index (κ3) is 16.9. The van der Waals surface area contributed by atoms with Crippen molar-refractivity contribution < 1.29 is 55.9 Å². The number of fused-ring (bicyclic) bond motifs is 8. The number of rotatable bonds is 6. The molecule has 0 fully saturated rings. The van der Waals surface area contributed by atoms with Gasteiger partial charge >= 0.3 is 0 Å². The van der Waals surface area contributed by atoms with E-state index in [1.807, 2.05) is 19.2 Å². The van der Waals surface area contributed by atoms with Gasteiger partial charge in [-0.3, -0.25) is 9.18 Å². The molecule has 0 aliphatic carbocycles. The molecule has 0 radical (unpaired) electrons. The summed E-state index contributed by atoms with van der Waals surface area (Å²) in [5.74, 6) is 2.56. The molecule has 108 heavy (non-hydrogen) atoms. The molecule has 16 rings (SSSR count). The maximum atomic E-state index is 14.0. The van der Waals surface area contributed by atoms with Crippen LogP contribution in [0.5, 0.6) is 23.0 Å². The molecule has 4 aliphatic heterocycles. The van der Waals surface area contributed by atoms with Gasteiger partial charge in [-0.2, -0.15) is 20.4 Å². The van der Waals surface area contributed by atoms with Crippen molar-refractivity contribution in [1.29, 1.82) is 0 Å². The summed E-state index contributed by atoms with van der Waals surface area (Å²) < 4.78 is 98.7. The van der Waals surface area contributed by atoms with Gasteiger partial charge in [0.25, 0.3) is 5.91 Å². The minimum Gasteiger partial charge on any atom is -0.491 e. The van der Waals surface area contributed by atoms with Gasteiger partial charge in [-0.15, -0.1) is 0 Å². The Morgan fingerprint density at radius 2 is 0.787 bits per heavy atom. The van der Waals surface area contributed by atoms with E-state index in [9.17, 15) is 37.0 Å². The molecule has 32 heteroatoms. The van der Waals surface area contributed by atoms with Crippen LogP contribution < -0.4 is 61.5 Å². The van der Waals surface area contributed by atoms with Crippen molar-refractivity contribution >= 4 is 68.9 Å². The topological polar surface area (TPSA) is 311 Å². The Morgan fingerprint density at radius 1 is 0.463 bits per heavy atom. The molecule has 4 aliphatic rings. The SMILES string of the molecule is C=C1NCCOc2ccc(F)cc2[C@@H](C(C)(C)O)Nc2ccn3ncc1c3n2.C=C1NCCOc2ccc(F)cc2[C@@H](CC)Nc2ccn3ncc1c3n2.C=C1NCCOc2ccc(F)cc2[C@@H](CCO)Nc2ccn3ncc1c3n2.O=C1NCCOc2ccc(F)cc2[C@@H](CCF)Nc2ccn3ncc1c3n2. The van der Waals surface area contributed by atoms with E-state index in [4.69, 9.17) is 18.9 Å². The fraction of sp³-hybridized carbons (Fsp3) is 0.276. The quantitative estimate of drug-likeness (QED) is 0.0692. The number of carbonyl (C=O) groups excluding carboxylic acids is 1. The van der Waals surface area contributed by atoms with E-state index in [-0.39, 0.29) is 55.8 Å². The zero-order valence-electron chi connectivity index (χ0n) is 59.2. The third-order valence-corrected chi connectivity index (χ3v) is 17.9. The smallest absolute Gasteiger partial charge is 0.256 e. The van der Waals surface area contributed by atoms with Crippen LogP contribution in [0.25, 0.3) is 39.7 Å². The number of alkyl halides is 1. The number of hydrogen-bond acceptors (Lipinski definition) is 22. The van der Waals surface area contributed by atoms with Crippen molar-refractivity contribution in [3.63, 3.8) is 0 Å². The molecule has 4 atom stereocenters. The highest BCUT2D eigenvalue weighted by atomic mass is 19.1. The van der Waals surface area contributed by atoms with Crippen molar-refractivity contribution in [3.8, 4) is 23.0 Å². The second-order valence-corrected chi connectivity index (χ2v) is 25.9. The van der Waals surface area contributed by atoms with E-state index in [1.54, 1.807) is 101 Å². The van der Waals surface area contributed by atoms with Gasteiger partial charge in [-0.25, -0.2) is 55.6 Å². The number of ether oxygens (including phenoxy) is 4. The molecule has 0 unspecified atom stereocenters. The molecule has 1 amide bonds. The van der Waals surface area contributed by atoms with Crippen molar-refractivity contribution in [2.75, 3.05) is 87.2 Å². The van der Waals surface area contributed by atoms with Crippen LogP contribution in [0, 0.1) is 23.3 Å². The lowest BCUT2D eigenvalue weighted by Crippen LogP contribution is -2.35. The van der Waals surface area contributed by atoms with E-state index < -0.39 is 36.0 Å². The lowest BCUT2D eigenvalue weighted by atomic mass is 9.91. The van der Waals surface area contributed by atoms with E-state index in [1.165, 1.54) is 65.3 Å². The van der Waals surface area contributed by atoms with E-state index >= 15 is 0 Å². The lowest BCUT2D eigenvalue weighted by Gasteiger charge is -2.32. The molecule has 8 aromatic heterocycles. The average Bonchev–Trinajstić information content (AvgIpc) is 1.77. The average molecular weight is 1480 g/mol. The van der Waals surface area contributed by atoms with E-state index in [0.29, 0.717) is 148 Å². The predicted molar refractivity (Wildman–Crippen MR) is 397 cm³/mol. The van der Waals surface area contributed by atoms with Crippen LogP contribution in [0.4, 0.5) is 45.2 Å². The highest BCUT2D eigenvalue weighted by Gasteiger charge is 2.33. The second kappa shape index (κ2) is 32.8. The number of halogens is 5.